The van der Waals surface area contributed by atoms with Crippen molar-refractivity contribution in [2.75, 3.05) is 0 Å². The first-order chi connectivity index (χ1) is 12.3. The average Bonchev–Trinajstić information content (AvgIpc) is 2.89. The SMILES string of the molecule is CC(C)(O)CCCCC[C@@H]1CC[C@H](O[Si](C)(C)C(C)(C)C)[C@@H]2CCC[C@@]12C. The Bertz CT molecular complexity index is 474. The maximum atomic E-state index is 9.90. The minimum Gasteiger partial charge on any atom is -0.414 e. The zero-order valence-electron chi connectivity index (χ0n) is 19.7. The molecule has 0 aliphatic heterocycles. The van der Waals surface area contributed by atoms with E-state index in [-0.39, 0.29) is 0 Å². The summed E-state index contributed by atoms with van der Waals surface area (Å²) in [6, 6.07) is 0. The van der Waals surface area contributed by atoms with Crippen molar-refractivity contribution in [2.24, 2.45) is 17.3 Å². The largest absolute Gasteiger partial charge is 0.414 e. The van der Waals surface area contributed by atoms with Gasteiger partial charge in [0.25, 0.3) is 0 Å². The summed E-state index contributed by atoms with van der Waals surface area (Å²) in [5.41, 5.74) is 0.00318. The summed E-state index contributed by atoms with van der Waals surface area (Å²) in [4.78, 5) is 0. The molecule has 2 nitrogen and oxygen atoms in total. The lowest BCUT2D eigenvalue weighted by Crippen LogP contribution is -2.51. The monoisotopic (exact) mass is 396 g/mol. The Morgan fingerprint density at radius 2 is 1.67 bits per heavy atom. The normalized spacial score (nSPS) is 32.6. The van der Waals surface area contributed by atoms with Crippen LogP contribution >= 0.6 is 0 Å². The van der Waals surface area contributed by atoms with Crippen molar-refractivity contribution >= 4 is 8.32 Å². The van der Waals surface area contributed by atoms with E-state index in [0.29, 0.717) is 16.6 Å². The van der Waals surface area contributed by atoms with Gasteiger partial charge in [0.1, 0.15) is 0 Å². The molecule has 0 aromatic rings. The van der Waals surface area contributed by atoms with Gasteiger partial charge in [0, 0.05) is 6.10 Å². The quantitative estimate of drug-likeness (QED) is 0.344. The van der Waals surface area contributed by atoms with Crippen LogP contribution in [0.5, 0.6) is 0 Å². The molecule has 3 heteroatoms. The Morgan fingerprint density at radius 1 is 1.00 bits per heavy atom. The van der Waals surface area contributed by atoms with Gasteiger partial charge in [-0.25, -0.2) is 0 Å². The summed E-state index contributed by atoms with van der Waals surface area (Å²) >= 11 is 0. The van der Waals surface area contributed by atoms with Crippen molar-refractivity contribution < 1.29 is 9.53 Å². The number of fused-ring (bicyclic) bond motifs is 1. The Labute approximate surface area is 171 Å². The predicted molar refractivity (Wildman–Crippen MR) is 120 cm³/mol. The molecule has 0 bridgehead atoms. The van der Waals surface area contributed by atoms with Gasteiger partial charge in [-0.15, -0.1) is 0 Å². The smallest absolute Gasteiger partial charge is 0.192 e. The molecule has 0 aromatic heterocycles. The highest BCUT2D eigenvalue weighted by Gasteiger charge is 2.52. The Hall–Kier alpha value is 0.137. The third-order valence-corrected chi connectivity index (χ3v) is 12.9. The highest BCUT2D eigenvalue weighted by atomic mass is 28.4. The molecule has 0 heterocycles. The van der Waals surface area contributed by atoms with E-state index in [2.05, 4.69) is 40.8 Å². The minimum atomic E-state index is -1.68. The van der Waals surface area contributed by atoms with Crippen LogP contribution in [0.25, 0.3) is 0 Å². The molecule has 0 radical (unpaired) electrons. The van der Waals surface area contributed by atoms with E-state index < -0.39 is 13.9 Å². The second-order valence-corrected chi connectivity index (χ2v) is 16.9. The van der Waals surface area contributed by atoms with Crippen LogP contribution in [0.4, 0.5) is 0 Å². The van der Waals surface area contributed by atoms with Crippen molar-refractivity contribution in [1.29, 1.82) is 0 Å². The molecule has 2 saturated carbocycles. The second-order valence-electron chi connectivity index (χ2n) is 12.1. The highest BCUT2D eigenvalue weighted by Crippen LogP contribution is 2.58. The van der Waals surface area contributed by atoms with Crippen LogP contribution in [0.15, 0.2) is 0 Å². The number of hydrogen-bond acceptors (Lipinski definition) is 2. The predicted octanol–water partition coefficient (Wildman–Crippen LogP) is 7.31. The Kier molecular flexibility index (Phi) is 7.35. The fourth-order valence-corrected chi connectivity index (χ4v) is 6.92. The van der Waals surface area contributed by atoms with Gasteiger partial charge >= 0.3 is 0 Å². The second kappa shape index (κ2) is 8.48. The van der Waals surface area contributed by atoms with E-state index >= 15 is 0 Å². The molecule has 2 aliphatic rings. The molecule has 2 aliphatic carbocycles. The van der Waals surface area contributed by atoms with Gasteiger partial charge in [0.15, 0.2) is 8.32 Å². The van der Waals surface area contributed by atoms with Crippen molar-refractivity contribution in [3.8, 4) is 0 Å². The number of aliphatic hydroxyl groups is 1. The molecule has 0 spiro atoms. The van der Waals surface area contributed by atoms with E-state index in [9.17, 15) is 5.11 Å². The van der Waals surface area contributed by atoms with Crippen LogP contribution in [-0.4, -0.2) is 25.1 Å². The van der Waals surface area contributed by atoms with Gasteiger partial charge in [0.2, 0.25) is 0 Å². The van der Waals surface area contributed by atoms with E-state index in [0.717, 1.165) is 24.7 Å². The van der Waals surface area contributed by atoms with Gasteiger partial charge in [-0.1, -0.05) is 53.4 Å². The highest BCUT2D eigenvalue weighted by molar-refractivity contribution is 6.74. The molecule has 0 aromatic carbocycles. The summed E-state index contributed by atoms with van der Waals surface area (Å²) in [5.74, 6) is 1.66. The summed E-state index contributed by atoms with van der Waals surface area (Å²) in [5, 5.41) is 10.2. The molecular weight excluding hydrogens is 348 g/mol. The van der Waals surface area contributed by atoms with Crippen LogP contribution in [0, 0.1) is 17.3 Å². The standard InChI is InChI=1S/C24H48O2Si/c1-22(2,3)27(7,8)26-21-16-15-19(24(6)18-12-14-20(21)24)13-10-9-11-17-23(4,5)25/h19-21,25H,9-18H2,1-8H3/t19-,20+,21+,24+/m1/s1. The number of rotatable bonds is 8. The van der Waals surface area contributed by atoms with Gasteiger partial charge in [-0.05, 0) is 87.8 Å². The van der Waals surface area contributed by atoms with Crippen LogP contribution < -0.4 is 0 Å². The van der Waals surface area contributed by atoms with E-state index in [4.69, 9.17) is 4.43 Å². The third-order valence-electron chi connectivity index (χ3n) is 8.35. The Balaban J connectivity index is 1.92. The van der Waals surface area contributed by atoms with Crippen LogP contribution in [0.1, 0.15) is 106 Å². The van der Waals surface area contributed by atoms with Crippen molar-refractivity contribution in [3.63, 3.8) is 0 Å². The summed E-state index contributed by atoms with van der Waals surface area (Å²) in [7, 11) is -1.68. The third kappa shape index (κ3) is 5.82. The molecular formula is C24H48O2Si. The Morgan fingerprint density at radius 3 is 2.26 bits per heavy atom. The van der Waals surface area contributed by atoms with E-state index in [1.54, 1.807) is 0 Å². The first-order valence-electron chi connectivity index (χ1n) is 11.7. The topological polar surface area (TPSA) is 29.5 Å². The summed E-state index contributed by atoms with van der Waals surface area (Å²) in [6.07, 6.45) is 13.4. The molecule has 2 fully saturated rings. The maximum Gasteiger partial charge on any atom is 0.192 e. The van der Waals surface area contributed by atoms with Gasteiger partial charge in [0.05, 0.1) is 5.60 Å². The van der Waals surface area contributed by atoms with E-state index in [1.807, 2.05) is 13.8 Å². The maximum absolute atomic E-state index is 9.90. The first-order valence-corrected chi connectivity index (χ1v) is 14.6. The number of unbranched alkanes of at least 4 members (excludes halogenated alkanes) is 2. The zero-order chi connectivity index (χ0) is 20.5. The average molecular weight is 397 g/mol. The fraction of sp³-hybridized carbons (Fsp3) is 1.00. The summed E-state index contributed by atoms with van der Waals surface area (Å²) < 4.78 is 6.96. The van der Waals surface area contributed by atoms with Gasteiger partial charge < -0.3 is 9.53 Å². The fourth-order valence-electron chi connectivity index (χ4n) is 5.53. The first kappa shape index (κ1) is 23.4. The molecule has 0 amide bonds. The molecule has 4 atom stereocenters. The van der Waals surface area contributed by atoms with Crippen molar-refractivity contribution in [2.45, 2.75) is 136 Å². The molecule has 1 N–H and O–H groups in total. The zero-order valence-corrected chi connectivity index (χ0v) is 20.7. The van der Waals surface area contributed by atoms with Crippen LogP contribution in [0.2, 0.25) is 18.1 Å². The summed E-state index contributed by atoms with van der Waals surface area (Å²) in [6.45, 7) is 18.4. The molecule has 2 rings (SSSR count). The number of hydrogen-bond donors (Lipinski definition) is 1. The lowest BCUT2D eigenvalue weighted by Gasteiger charge is -2.51. The van der Waals surface area contributed by atoms with Gasteiger partial charge in [-0.2, -0.15) is 0 Å². The van der Waals surface area contributed by atoms with Crippen LogP contribution in [0.3, 0.4) is 0 Å². The minimum absolute atomic E-state index is 0.305. The van der Waals surface area contributed by atoms with Crippen molar-refractivity contribution in [1.82, 2.24) is 0 Å². The molecule has 27 heavy (non-hydrogen) atoms. The molecule has 0 unspecified atom stereocenters. The molecule has 0 saturated heterocycles. The lowest BCUT2D eigenvalue weighted by molar-refractivity contribution is -0.0342. The van der Waals surface area contributed by atoms with Crippen LogP contribution in [-0.2, 0) is 4.43 Å². The van der Waals surface area contributed by atoms with Gasteiger partial charge in [-0.3, -0.25) is 0 Å². The van der Waals surface area contributed by atoms with Crippen molar-refractivity contribution in [3.05, 3.63) is 0 Å². The molecule has 160 valence electrons. The lowest BCUT2D eigenvalue weighted by atomic mass is 9.60. The van der Waals surface area contributed by atoms with E-state index in [1.165, 1.54) is 51.4 Å².